The van der Waals surface area contributed by atoms with E-state index in [0.717, 1.165) is 41.5 Å². The summed E-state index contributed by atoms with van der Waals surface area (Å²) in [5.74, 6) is 0.952. The highest BCUT2D eigenvalue weighted by Gasteiger charge is 2.27. The molecule has 0 bridgehead atoms. The van der Waals surface area contributed by atoms with Gasteiger partial charge < -0.3 is 10.6 Å². The van der Waals surface area contributed by atoms with Gasteiger partial charge in [0.1, 0.15) is 6.04 Å². The van der Waals surface area contributed by atoms with Gasteiger partial charge in [0.25, 0.3) is 0 Å². The fourth-order valence-electron chi connectivity index (χ4n) is 2.99. The van der Waals surface area contributed by atoms with Gasteiger partial charge >= 0.3 is 0 Å². The fraction of sp³-hybridized carbons (Fsp3) is 0.286. The molecule has 1 aliphatic rings. The molecule has 0 fully saturated rings. The van der Waals surface area contributed by atoms with Crippen LogP contribution in [0, 0.1) is 0 Å². The Morgan fingerprint density at radius 3 is 2.76 bits per heavy atom. The number of thiazole rings is 1. The molecular weight excluding hydrogens is 420 g/mol. The van der Waals surface area contributed by atoms with Crippen LogP contribution in [0.1, 0.15) is 12.0 Å². The standard InChI is InChI=1S/C21H22N4OS3/c1-27-13-11-17-19(26)29-21(25-17)23-15-8-6-14(7-9-15)10-12-22-20-24-16-4-2-3-5-18(16)28-20/h2-9,17H,10-13H2,1H3,(H,22,24)(H,23,25)/t17-/m0/s1. The van der Waals surface area contributed by atoms with E-state index in [1.807, 2.05) is 36.6 Å². The summed E-state index contributed by atoms with van der Waals surface area (Å²) in [7, 11) is 0. The summed E-state index contributed by atoms with van der Waals surface area (Å²) in [4.78, 5) is 21.1. The molecule has 5 nitrogen and oxygen atoms in total. The van der Waals surface area contributed by atoms with E-state index in [1.165, 1.54) is 22.0 Å². The summed E-state index contributed by atoms with van der Waals surface area (Å²) < 4.78 is 1.20. The molecule has 2 N–H and O–H groups in total. The highest BCUT2D eigenvalue weighted by atomic mass is 32.2. The maximum atomic E-state index is 12.0. The number of nitrogens with one attached hydrogen (secondary N) is 2. The molecule has 0 amide bonds. The van der Waals surface area contributed by atoms with Crippen molar-refractivity contribution in [1.82, 2.24) is 4.98 Å². The minimum atomic E-state index is -0.206. The summed E-state index contributed by atoms with van der Waals surface area (Å²) >= 11 is 4.64. The van der Waals surface area contributed by atoms with Gasteiger partial charge in [0.05, 0.1) is 10.2 Å². The predicted molar refractivity (Wildman–Crippen MR) is 129 cm³/mol. The second-order valence-corrected chi connectivity index (χ2v) is 9.65. The third-order valence-corrected chi connectivity index (χ3v) is 7.04. The van der Waals surface area contributed by atoms with E-state index < -0.39 is 0 Å². The second kappa shape index (κ2) is 9.65. The molecule has 8 heteroatoms. The number of aromatic nitrogens is 1. The second-order valence-electron chi connectivity index (χ2n) is 6.64. The van der Waals surface area contributed by atoms with Gasteiger partial charge in [-0.1, -0.05) is 35.6 Å². The first-order valence-corrected chi connectivity index (χ1v) is 12.5. The Morgan fingerprint density at radius 2 is 1.97 bits per heavy atom. The number of benzene rings is 2. The maximum absolute atomic E-state index is 12.0. The number of fused-ring (bicyclic) bond motifs is 1. The molecule has 0 saturated carbocycles. The van der Waals surface area contributed by atoms with Crippen molar-refractivity contribution >= 4 is 66.2 Å². The third-order valence-electron chi connectivity index (χ3n) is 4.53. The molecule has 0 saturated heterocycles. The lowest BCUT2D eigenvalue weighted by Gasteiger charge is -2.07. The van der Waals surface area contributed by atoms with Crippen LogP contribution in [0.25, 0.3) is 10.2 Å². The summed E-state index contributed by atoms with van der Waals surface area (Å²) in [5, 5.41) is 8.47. The van der Waals surface area contributed by atoms with Crippen LogP contribution < -0.4 is 10.6 Å². The third kappa shape index (κ3) is 5.32. The van der Waals surface area contributed by atoms with Crippen molar-refractivity contribution in [2.45, 2.75) is 18.9 Å². The molecule has 29 heavy (non-hydrogen) atoms. The first-order valence-electron chi connectivity index (χ1n) is 9.45. The quantitative estimate of drug-likeness (QED) is 0.505. The lowest BCUT2D eigenvalue weighted by molar-refractivity contribution is -0.111. The number of rotatable bonds is 8. The normalized spacial score (nSPS) is 16.2. The first-order chi connectivity index (χ1) is 14.2. The molecule has 1 atom stereocenters. The Labute approximate surface area is 182 Å². The number of amidine groups is 1. The molecular formula is C21H22N4OS3. The van der Waals surface area contributed by atoms with Crippen LogP contribution >= 0.6 is 34.9 Å². The van der Waals surface area contributed by atoms with E-state index in [9.17, 15) is 4.79 Å². The van der Waals surface area contributed by atoms with Crippen molar-refractivity contribution in [1.29, 1.82) is 0 Å². The van der Waals surface area contributed by atoms with Crippen LogP contribution in [0.15, 0.2) is 53.5 Å². The maximum Gasteiger partial charge on any atom is 0.221 e. The molecule has 0 aliphatic carbocycles. The topological polar surface area (TPSA) is 66.4 Å². The van der Waals surface area contributed by atoms with Crippen LogP contribution in [-0.4, -0.2) is 39.9 Å². The number of anilines is 2. The molecule has 4 rings (SSSR count). The minimum Gasteiger partial charge on any atom is -0.361 e. The highest BCUT2D eigenvalue weighted by Crippen LogP contribution is 2.26. The van der Waals surface area contributed by atoms with Gasteiger partial charge in [-0.3, -0.25) is 4.79 Å². The Balaban J connectivity index is 1.27. The van der Waals surface area contributed by atoms with Gasteiger partial charge in [0, 0.05) is 12.2 Å². The molecule has 2 aromatic carbocycles. The van der Waals surface area contributed by atoms with E-state index in [4.69, 9.17) is 0 Å². The van der Waals surface area contributed by atoms with E-state index >= 15 is 0 Å². The SMILES string of the molecule is CSCC[C@@H]1N=C(Nc2ccc(CCNc3nc4ccccc4s3)cc2)SC1=O. The zero-order chi connectivity index (χ0) is 20.1. The van der Waals surface area contributed by atoms with E-state index in [-0.39, 0.29) is 11.2 Å². The smallest absolute Gasteiger partial charge is 0.221 e. The Kier molecular flexibility index (Phi) is 6.74. The fourth-order valence-corrected chi connectivity index (χ4v) is 5.19. The molecule has 0 unspecified atom stereocenters. The molecule has 1 aromatic heterocycles. The summed E-state index contributed by atoms with van der Waals surface area (Å²) in [6, 6.07) is 16.3. The van der Waals surface area contributed by atoms with E-state index in [2.05, 4.69) is 38.8 Å². The number of hydrogen-bond acceptors (Lipinski definition) is 8. The lowest BCUT2D eigenvalue weighted by Crippen LogP contribution is -2.11. The van der Waals surface area contributed by atoms with Crippen LogP contribution in [0.2, 0.25) is 0 Å². The van der Waals surface area contributed by atoms with Gasteiger partial charge in [-0.25, -0.2) is 9.98 Å². The van der Waals surface area contributed by atoms with Crippen LogP contribution in [-0.2, 0) is 11.2 Å². The lowest BCUT2D eigenvalue weighted by atomic mass is 10.1. The first kappa shape index (κ1) is 20.3. The van der Waals surface area contributed by atoms with E-state index in [1.54, 1.807) is 23.1 Å². The van der Waals surface area contributed by atoms with Gasteiger partial charge in [0.15, 0.2) is 10.3 Å². The average Bonchev–Trinajstić information content (AvgIpc) is 3.30. The van der Waals surface area contributed by atoms with Crippen LogP contribution in [0.5, 0.6) is 0 Å². The molecule has 3 aromatic rings. The number of carbonyl (C=O) groups is 1. The molecule has 0 radical (unpaired) electrons. The number of aliphatic imine (C=N–C) groups is 1. The Bertz CT molecular complexity index is 983. The largest absolute Gasteiger partial charge is 0.361 e. The minimum absolute atomic E-state index is 0.138. The summed E-state index contributed by atoms with van der Waals surface area (Å²) in [6.45, 7) is 0.834. The summed E-state index contributed by atoms with van der Waals surface area (Å²) in [6.07, 6.45) is 3.77. The number of thioether (sulfide) groups is 2. The van der Waals surface area contributed by atoms with Crippen LogP contribution in [0.3, 0.4) is 0 Å². The summed E-state index contributed by atoms with van der Waals surface area (Å²) in [5.41, 5.74) is 3.24. The van der Waals surface area contributed by atoms with Crippen molar-refractivity contribution < 1.29 is 4.79 Å². The van der Waals surface area contributed by atoms with Crippen molar-refractivity contribution in [2.75, 3.05) is 29.2 Å². The average molecular weight is 443 g/mol. The van der Waals surface area contributed by atoms with E-state index in [0.29, 0.717) is 5.17 Å². The van der Waals surface area contributed by atoms with Crippen molar-refractivity contribution in [3.05, 3.63) is 54.1 Å². The van der Waals surface area contributed by atoms with Crippen LogP contribution in [0.4, 0.5) is 10.8 Å². The van der Waals surface area contributed by atoms with Gasteiger partial charge in [-0.05, 0) is 66.4 Å². The molecule has 0 spiro atoms. The zero-order valence-corrected chi connectivity index (χ0v) is 18.5. The Morgan fingerprint density at radius 1 is 1.14 bits per heavy atom. The van der Waals surface area contributed by atoms with Gasteiger partial charge in [-0.15, -0.1) is 0 Å². The van der Waals surface area contributed by atoms with Gasteiger partial charge in [0.2, 0.25) is 5.12 Å². The van der Waals surface area contributed by atoms with Gasteiger partial charge in [-0.2, -0.15) is 11.8 Å². The van der Waals surface area contributed by atoms with Crippen molar-refractivity contribution in [3.8, 4) is 0 Å². The number of para-hydroxylation sites is 1. The molecule has 150 valence electrons. The number of nitrogens with zero attached hydrogens (tertiary/aromatic N) is 2. The number of carbonyl (C=O) groups excluding carboxylic acids is 1. The number of hydrogen-bond donors (Lipinski definition) is 2. The zero-order valence-electron chi connectivity index (χ0n) is 16.1. The Hall–Kier alpha value is -2.03. The van der Waals surface area contributed by atoms with Crippen molar-refractivity contribution in [3.63, 3.8) is 0 Å². The highest BCUT2D eigenvalue weighted by molar-refractivity contribution is 8.27. The molecule has 1 aliphatic heterocycles. The molecule has 2 heterocycles. The van der Waals surface area contributed by atoms with Crippen molar-refractivity contribution in [2.24, 2.45) is 4.99 Å². The monoisotopic (exact) mass is 442 g/mol. The predicted octanol–water partition coefficient (Wildman–Crippen LogP) is 5.11.